The average Bonchev–Trinajstić information content (AvgIpc) is 3.08. The van der Waals surface area contributed by atoms with Gasteiger partial charge < -0.3 is 5.11 Å². The summed E-state index contributed by atoms with van der Waals surface area (Å²) in [5.74, 6) is -1.14. The second-order valence-electron chi connectivity index (χ2n) is 5.51. The fourth-order valence-corrected chi connectivity index (χ4v) is 4.88. The minimum absolute atomic E-state index is 0.154. The maximum absolute atomic E-state index is 12.4. The number of carboxylic acids is 1. The van der Waals surface area contributed by atoms with Gasteiger partial charge in [0.05, 0.1) is 23.7 Å². The summed E-state index contributed by atoms with van der Waals surface area (Å²) in [6, 6.07) is 1.63. The highest BCUT2D eigenvalue weighted by Gasteiger charge is 2.49. The normalized spacial score (nSPS) is 26.6. The van der Waals surface area contributed by atoms with Crippen LogP contribution in [0.4, 0.5) is 0 Å². The zero-order chi connectivity index (χ0) is 14.1. The molecule has 0 amide bonds. The minimum atomic E-state index is -3.54. The Hall–Kier alpha value is -1.13. The third kappa shape index (κ3) is 3.25. The van der Waals surface area contributed by atoms with Gasteiger partial charge in [0.25, 0.3) is 0 Å². The van der Waals surface area contributed by atoms with Crippen LogP contribution in [0, 0.1) is 16.7 Å². The highest BCUT2D eigenvalue weighted by Crippen LogP contribution is 2.46. The topological polar surface area (TPSA) is 98.5 Å². The standard InChI is InChI=1S/C12H18N2O4S/c13-8-12(4-5-12)9-19(17,18)14-6-2-1-3-10(14)7-11(15)16/h10H,1-7,9H2,(H,15,16). The van der Waals surface area contributed by atoms with Crippen molar-refractivity contribution < 1.29 is 18.3 Å². The van der Waals surface area contributed by atoms with E-state index in [0.29, 0.717) is 25.8 Å². The number of rotatable bonds is 5. The summed E-state index contributed by atoms with van der Waals surface area (Å²) in [5, 5.41) is 17.9. The van der Waals surface area contributed by atoms with Crippen molar-refractivity contribution in [2.75, 3.05) is 12.3 Å². The summed E-state index contributed by atoms with van der Waals surface area (Å²) in [6.45, 7) is 0.377. The molecule has 1 aliphatic heterocycles. The van der Waals surface area contributed by atoms with Gasteiger partial charge in [-0.25, -0.2) is 8.42 Å². The van der Waals surface area contributed by atoms with Crippen molar-refractivity contribution in [1.82, 2.24) is 4.31 Å². The molecule has 1 atom stereocenters. The number of hydrogen-bond donors (Lipinski definition) is 1. The predicted octanol–water partition coefficient (Wildman–Crippen LogP) is 0.949. The Morgan fingerprint density at radius 3 is 2.63 bits per heavy atom. The summed E-state index contributed by atoms with van der Waals surface area (Å²) in [5.41, 5.74) is -0.718. The molecular formula is C12H18N2O4S. The van der Waals surface area contributed by atoms with Crippen molar-refractivity contribution >= 4 is 16.0 Å². The van der Waals surface area contributed by atoms with E-state index in [1.54, 1.807) is 0 Å². The summed E-state index contributed by atoms with van der Waals surface area (Å²) in [4.78, 5) is 10.8. The van der Waals surface area contributed by atoms with Gasteiger partial charge in [-0.15, -0.1) is 0 Å². The molecule has 1 unspecified atom stereocenters. The molecule has 2 rings (SSSR count). The van der Waals surface area contributed by atoms with Gasteiger partial charge in [0, 0.05) is 12.6 Å². The first-order valence-electron chi connectivity index (χ1n) is 6.51. The molecule has 0 aromatic heterocycles. The maximum Gasteiger partial charge on any atom is 0.304 e. The van der Waals surface area contributed by atoms with Crippen LogP contribution in [-0.4, -0.2) is 42.1 Å². The molecule has 0 aromatic rings. The molecule has 1 saturated heterocycles. The van der Waals surface area contributed by atoms with Crippen LogP contribution in [0.15, 0.2) is 0 Å². The number of aliphatic carboxylic acids is 1. The molecule has 106 valence electrons. The Morgan fingerprint density at radius 2 is 2.11 bits per heavy atom. The fraction of sp³-hybridized carbons (Fsp3) is 0.833. The first-order chi connectivity index (χ1) is 8.88. The van der Waals surface area contributed by atoms with Crippen molar-refractivity contribution in [2.45, 2.75) is 44.6 Å². The van der Waals surface area contributed by atoms with E-state index in [9.17, 15) is 13.2 Å². The minimum Gasteiger partial charge on any atom is -0.481 e. The van der Waals surface area contributed by atoms with Gasteiger partial charge in [-0.05, 0) is 25.7 Å². The molecule has 2 fully saturated rings. The zero-order valence-electron chi connectivity index (χ0n) is 10.7. The van der Waals surface area contributed by atoms with Crippen LogP contribution in [0.25, 0.3) is 0 Å². The second-order valence-corrected chi connectivity index (χ2v) is 7.43. The van der Waals surface area contributed by atoms with Crippen molar-refractivity contribution in [3.05, 3.63) is 0 Å². The first kappa shape index (κ1) is 14.3. The van der Waals surface area contributed by atoms with Crippen LogP contribution >= 0.6 is 0 Å². The Morgan fingerprint density at radius 1 is 1.42 bits per heavy atom. The lowest BCUT2D eigenvalue weighted by molar-refractivity contribution is -0.138. The van der Waals surface area contributed by atoms with Gasteiger partial charge in [0.1, 0.15) is 0 Å². The Balaban J connectivity index is 2.12. The molecule has 19 heavy (non-hydrogen) atoms. The number of carbonyl (C=O) groups is 1. The number of nitrogens with zero attached hydrogens (tertiary/aromatic N) is 2. The van der Waals surface area contributed by atoms with E-state index in [0.717, 1.165) is 12.8 Å². The molecular weight excluding hydrogens is 268 g/mol. The molecule has 1 N–H and O–H groups in total. The van der Waals surface area contributed by atoms with Crippen LogP contribution in [0.2, 0.25) is 0 Å². The second kappa shape index (κ2) is 5.10. The van der Waals surface area contributed by atoms with Crippen molar-refractivity contribution in [2.24, 2.45) is 5.41 Å². The van der Waals surface area contributed by atoms with E-state index < -0.39 is 27.4 Å². The van der Waals surface area contributed by atoms with Gasteiger partial charge in [0.2, 0.25) is 10.0 Å². The molecule has 0 aromatic carbocycles. The number of carboxylic acid groups (broad SMARTS) is 1. The molecule has 0 spiro atoms. The van der Waals surface area contributed by atoms with E-state index in [4.69, 9.17) is 10.4 Å². The zero-order valence-corrected chi connectivity index (χ0v) is 11.5. The lowest BCUT2D eigenvalue weighted by Gasteiger charge is -2.34. The summed E-state index contributed by atoms with van der Waals surface area (Å²) in [7, 11) is -3.54. The SMILES string of the molecule is N#CC1(CS(=O)(=O)N2CCCCC2CC(=O)O)CC1. The Bertz CT molecular complexity index is 504. The van der Waals surface area contributed by atoms with Crippen LogP contribution in [0.1, 0.15) is 38.5 Å². The van der Waals surface area contributed by atoms with E-state index in [1.807, 2.05) is 0 Å². The largest absolute Gasteiger partial charge is 0.481 e. The van der Waals surface area contributed by atoms with Gasteiger partial charge in [-0.3, -0.25) is 4.79 Å². The molecule has 1 saturated carbocycles. The third-order valence-corrected chi connectivity index (χ3v) is 6.00. The molecule has 1 aliphatic carbocycles. The van der Waals surface area contributed by atoms with Crippen molar-refractivity contribution in [3.8, 4) is 6.07 Å². The predicted molar refractivity (Wildman–Crippen MR) is 67.7 cm³/mol. The lowest BCUT2D eigenvalue weighted by atomic mass is 10.0. The monoisotopic (exact) mass is 286 g/mol. The van der Waals surface area contributed by atoms with Gasteiger partial charge in [0.15, 0.2) is 0 Å². The van der Waals surface area contributed by atoms with E-state index in [-0.39, 0.29) is 12.2 Å². The highest BCUT2D eigenvalue weighted by molar-refractivity contribution is 7.89. The van der Waals surface area contributed by atoms with Crippen LogP contribution in [0.5, 0.6) is 0 Å². The third-order valence-electron chi connectivity index (χ3n) is 3.89. The fourth-order valence-electron chi connectivity index (χ4n) is 2.62. The average molecular weight is 286 g/mol. The van der Waals surface area contributed by atoms with Crippen LogP contribution in [0.3, 0.4) is 0 Å². The number of sulfonamides is 1. The highest BCUT2D eigenvalue weighted by atomic mass is 32.2. The van der Waals surface area contributed by atoms with E-state index in [2.05, 4.69) is 6.07 Å². The molecule has 7 heteroatoms. The Kier molecular flexibility index (Phi) is 3.83. The number of piperidine rings is 1. The van der Waals surface area contributed by atoms with Crippen molar-refractivity contribution in [1.29, 1.82) is 5.26 Å². The first-order valence-corrected chi connectivity index (χ1v) is 8.12. The van der Waals surface area contributed by atoms with Gasteiger partial charge in [-0.2, -0.15) is 9.57 Å². The summed E-state index contributed by atoms with van der Waals surface area (Å²) in [6.07, 6.45) is 3.30. The van der Waals surface area contributed by atoms with Gasteiger partial charge in [-0.1, -0.05) is 6.42 Å². The van der Waals surface area contributed by atoms with Crippen LogP contribution < -0.4 is 0 Å². The molecule has 0 radical (unpaired) electrons. The van der Waals surface area contributed by atoms with E-state index in [1.165, 1.54) is 4.31 Å². The molecule has 0 bridgehead atoms. The molecule has 6 nitrogen and oxygen atoms in total. The molecule has 2 aliphatic rings. The quantitative estimate of drug-likeness (QED) is 0.811. The smallest absolute Gasteiger partial charge is 0.304 e. The van der Waals surface area contributed by atoms with Crippen molar-refractivity contribution in [3.63, 3.8) is 0 Å². The van der Waals surface area contributed by atoms with Crippen LogP contribution in [-0.2, 0) is 14.8 Å². The Labute approximate surface area is 113 Å². The summed E-state index contributed by atoms with van der Waals surface area (Å²) < 4.78 is 26.1. The van der Waals surface area contributed by atoms with E-state index >= 15 is 0 Å². The van der Waals surface area contributed by atoms with Gasteiger partial charge >= 0.3 is 5.97 Å². The maximum atomic E-state index is 12.4. The summed E-state index contributed by atoms with van der Waals surface area (Å²) >= 11 is 0. The number of nitriles is 1. The lowest BCUT2D eigenvalue weighted by Crippen LogP contribution is -2.46. The number of hydrogen-bond acceptors (Lipinski definition) is 4. The molecule has 1 heterocycles.